The number of aromatic hydroxyl groups is 1. The molecule has 2 aromatic rings. The Balaban J connectivity index is 2.42. The Labute approximate surface area is 112 Å². The Kier molecular flexibility index (Phi) is 3.53. The minimum Gasteiger partial charge on any atom is -0.504 e. The van der Waals surface area contributed by atoms with Gasteiger partial charge in [-0.1, -0.05) is 28.1 Å². The molecule has 0 aliphatic carbocycles. The zero-order valence-corrected chi connectivity index (χ0v) is 10.8. The van der Waals surface area contributed by atoms with Crippen LogP contribution in [0.25, 0.3) is 0 Å². The first-order valence-corrected chi connectivity index (χ1v) is 5.92. The van der Waals surface area contributed by atoms with Crippen LogP contribution in [0.1, 0.15) is 10.4 Å². The second-order valence-electron chi connectivity index (χ2n) is 3.57. The molecule has 18 heavy (non-hydrogen) atoms. The van der Waals surface area contributed by atoms with E-state index in [0.717, 1.165) is 4.47 Å². The molecule has 2 aromatic carbocycles. The summed E-state index contributed by atoms with van der Waals surface area (Å²) in [4.78, 5) is 11.3. The van der Waals surface area contributed by atoms with E-state index >= 15 is 0 Å². The van der Waals surface area contributed by atoms with Gasteiger partial charge < -0.3 is 15.6 Å². The topological polar surface area (TPSA) is 72.6 Å². The Bertz CT molecular complexity index is 599. The molecule has 5 heteroatoms. The quantitative estimate of drug-likeness (QED) is 0.915. The number of halogens is 1. The Morgan fingerprint density at radius 1 is 1.17 bits per heavy atom. The Morgan fingerprint density at radius 3 is 2.56 bits per heavy atom. The number of amides is 1. The first kappa shape index (κ1) is 12.4. The highest BCUT2D eigenvalue weighted by atomic mass is 79.9. The van der Waals surface area contributed by atoms with Crippen molar-refractivity contribution in [1.29, 1.82) is 0 Å². The second kappa shape index (κ2) is 5.10. The van der Waals surface area contributed by atoms with Crippen LogP contribution in [0.15, 0.2) is 46.9 Å². The third kappa shape index (κ3) is 2.62. The fourth-order valence-electron chi connectivity index (χ4n) is 1.45. The van der Waals surface area contributed by atoms with Crippen LogP contribution in [0.3, 0.4) is 0 Å². The molecule has 0 saturated heterocycles. The maximum Gasteiger partial charge on any atom is 0.252 e. The number of primary amides is 1. The summed E-state index contributed by atoms with van der Waals surface area (Å²) >= 11 is 3.28. The van der Waals surface area contributed by atoms with Crippen LogP contribution in [0.2, 0.25) is 0 Å². The summed E-state index contributed by atoms with van der Waals surface area (Å²) in [6.07, 6.45) is 0. The average Bonchev–Trinajstić information content (AvgIpc) is 2.32. The first-order chi connectivity index (χ1) is 8.58. The fraction of sp³-hybridized carbons (Fsp3) is 0. The van der Waals surface area contributed by atoms with Crippen LogP contribution in [0.5, 0.6) is 17.2 Å². The van der Waals surface area contributed by atoms with Crippen molar-refractivity contribution >= 4 is 21.8 Å². The third-order valence-corrected chi connectivity index (χ3v) is 2.79. The molecule has 2 rings (SSSR count). The van der Waals surface area contributed by atoms with Gasteiger partial charge in [-0.2, -0.15) is 0 Å². The van der Waals surface area contributed by atoms with Gasteiger partial charge in [-0.3, -0.25) is 4.79 Å². The predicted molar refractivity (Wildman–Crippen MR) is 70.8 cm³/mol. The van der Waals surface area contributed by atoms with E-state index < -0.39 is 5.91 Å². The lowest BCUT2D eigenvalue weighted by molar-refractivity contribution is 0.0998. The minimum absolute atomic E-state index is 0.00658. The summed E-state index contributed by atoms with van der Waals surface area (Å²) in [6.45, 7) is 0. The maximum absolute atomic E-state index is 11.3. The fourth-order valence-corrected chi connectivity index (χ4v) is 1.79. The van der Waals surface area contributed by atoms with Crippen LogP contribution in [-0.2, 0) is 0 Å². The molecule has 92 valence electrons. The maximum atomic E-state index is 11.3. The highest BCUT2D eigenvalue weighted by Crippen LogP contribution is 2.33. The smallest absolute Gasteiger partial charge is 0.252 e. The summed E-state index contributed by atoms with van der Waals surface area (Å²) < 4.78 is 6.25. The van der Waals surface area contributed by atoms with Gasteiger partial charge in [-0.25, -0.2) is 0 Å². The number of ether oxygens (including phenoxy) is 1. The molecule has 0 fully saturated rings. The van der Waals surface area contributed by atoms with E-state index in [9.17, 15) is 9.90 Å². The number of para-hydroxylation sites is 2. The number of hydrogen-bond donors (Lipinski definition) is 2. The molecule has 0 aliphatic heterocycles. The molecular formula is C13H10BrNO3. The number of carbonyl (C=O) groups is 1. The predicted octanol–water partition coefficient (Wildman–Crippen LogP) is 3.05. The van der Waals surface area contributed by atoms with Gasteiger partial charge in [0.05, 0.1) is 5.56 Å². The number of phenols is 1. The standard InChI is InChI=1S/C13H10BrNO3/c14-8-5-6-9(13(15)17)12(7-8)18-11-4-2-1-3-10(11)16/h1-7,16H,(H2,15,17). The van der Waals surface area contributed by atoms with E-state index in [1.54, 1.807) is 36.4 Å². The Morgan fingerprint density at radius 2 is 1.89 bits per heavy atom. The molecule has 0 heterocycles. The molecule has 0 atom stereocenters. The van der Waals surface area contributed by atoms with E-state index in [4.69, 9.17) is 10.5 Å². The second-order valence-corrected chi connectivity index (χ2v) is 4.49. The molecule has 0 unspecified atom stereocenters. The zero-order valence-electron chi connectivity index (χ0n) is 9.26. The van der Waals surface area contributed by atoms with Crippen molar-refractivity contribution in [3.05, 3.63) is 52.5 Å². The first-order valence-electron chi connectivity index (χ1n) is 5.13. The summed E-state index contributed by atoms with van der Waals surface area (Å²) in [5.74, 6) is -0.0442. The van der Waals surface area contributed by atoms with Crippen LogP contribution in [-0.4, -0.2) is 11.0 Å². The van der Waals surface area contributed by atoms with Crippen molar-refractivity contribution in [1.82, 2.24) is 0 Å². The molecule has 4 nitrogen and oxygen atoms in total. The van der Waals surface area contributed by atoms with Crippen molar-refractivity contribution in [3.63, 3.8) is 0 Å². The highest BCUT2D eigenvalue weighted by Gasteiger charge is 2.12. The number of rotatable bonds is 3. The molecule has 3 N–H and O–H groups in total. The molecular weight excluding hydrogens is 298 g/mol. The van der Waals surface area contributed by atoms with Gasteiger partial charge in [0.25, 0.3) is 5.91 Å². The summed E-state index contributed by atoms with van der Waals surface area (Å²) in [5, 5.41) is 9.62. The van der Waals surface area contributed by atoms with Gasteiger partial charge in [0.15, 0.2) is 11.5 Å². The highest BCUT2D eigenvalue weighted by molar-refractivity contribution is 9.10. The number of carbonyl (C=O) groups excluding carboxylic acids is 1. The lowest BCUT2D eigenvalue weighted by Gasteiger charge is -2.10. The zero-order chi connectivity index (χ0) is 13.1. The van der Waals surface area contributed by atoms with Gasteiger partial charge in [-0.15, -0.1) is 0 Å². The van der Waals surface area contributed by atoms with Gasteiger partial charge in [0.2, 0.25) is 0 Å². The average molecular weight is 308 g/mol. The van der Waals surface area contributed by atoms with E-state index in [1.807, 2.05) is 0 Å². The molecule has 0 spiro atoms. The van der Waals surface area contributed by atoms with Crippen molar-refractivity contribution in [2.45, 2.75) is 0 Å². The van der Waals surface area contributed by atoms with Gasteiger partial charge in [0, 0.05) is 4.47 Å². The lowest BCUT2D eigenvalue weighted by atomic mass is 10.2. The van der Waals surface area contributed by atoms with Crippen LogP contribution >= 0.6 is 15.9 Å². The van der Waals surface area contributed by atoms with Gasteiger partial charge in [0.1, 0.15) is 5.75 Å². The van der Waals surface area contributed by atoms with Crippen LogP contribution < -0.4 is 10.5 Å². The van der Waals surface area contributed by atoms with E-state index in [-0.39, 0.29) is 17.1 Å². The molecule has 1 amide bonds. The Hall–Kier alpha value is -2.01. The van der Waals surface area contributed by atoms with E-state index in [1.165, 1.54) is 6.07 Å². The summed E-state index contributed by atoms with van der Waals surface area (Å²) in [7, 11) is 0. The van der Waals surface area contributed by atoms with Crippen molar-refractivity contribution in [2.24, 2.45) is 5.73 Å². The molecule has 0 radical (unpaired) electrons. The monoisotopic (exact) mass is 307 g/mol. The van der Waals surface area contributed by atoms with Crippen LogP contribution in [0, 0.1) is 0 Å². The van der Waals surface area contributed by atoms with Crippen LogP contribution in [0.4, 0.5) is 0 Å². The van der Waals surface area contributed by atoms with Crippen molar-refractivity contribution in [2.75, 3.05) is 0 Å². The third-order valence-electron chi connectivity index (χ3n) is 2.29. The van der Waals surface area contributed by atoms with Crippen molar-refractivity contribution < 1.29 is 14.6 Å². The number of nitrogens with two attached hydrogens (primary N) is 1. The van der Waals surface area contributed by atoms with E-state index in [0.29, 0.717) is 5.75 Å². The summed E-state index contributed by atoms with van der Waals surface area (Å²) in [6, 6.07) is 11.4. The molecule has 0 bridgehead atoms. The van der Waals surface area contributed by atoms with E-state index in [2.05, 4.69) is 15.9 Å². The number of phenolic OH excluding ortho intramolecular Hbond substituents is 1. The molecule has 0 aliphatic rings. The van der Waals surface area contributed by atoms with Gasteiger partial charge >= 0.3 is 0 Å². The lowest BCUT2D eigenvalue weighted by Crippen LogP contribution is -2.12. The van der Waals surface area contributed by atoms with Crippen molar-refractivity contribution in [3.8, 4) is 17.2 Å². The molecule has 0 saturated carbocycles. The van der Waals surface area contributed by atoms with Gasteiger partial charge in [-0.05, 0) is 30.3 Å². The number of benzene rings is 2. The number of hydrogen-bond acceptors (Lipinski definition) is 3. The normalized spacial score (nSPS) is 10.1. The SMILES string of the molecule is NC(=O)c1ccc(Br)cc1Oc1ccccc1O. The summed E-state index contributed by atoms with van der Waals surface area (Å²) in [5.41, 5.74) is 5.51. The molecule has 0 aromatic heterocycles. The largest absolute Gasteiger partial charge is 0.504 e. The minimum atomic E-state index is -0.590.